The van der Waals surface area contributed by atoms with E-state index in [1.54, 1.807) is 43.5 Å². The number of anilines is 2. The lowest BCUT2D eigenvalue weighted by Gasteiger charge is -2.20. The van der Waals surface area contributed by atoms with E-state index in [0.29, 0.717) is 32.9 Å². The number of benzene rings is 2. The average Bonchev–Trinajstić information content (AvgIpc) is 3.05. The highest BCUT2D eigenvalue weighted by Crippen LogP contribution is 2.36. The van der Waals surface area contributed by atoms with Gasteiger partial charge < -0.3 is 19.7 Å². The minimum Gasteiger partial charge on any atom is -0.497 e. The van der Waals surface area contributed by atoms with Gasteiger partial charge in [-0.3, -0.25) is 9.59 Å². The van der Waals surface area contributed by atoms with Gasteiger partial charge in [0.25, 0.3) is 0 Å². The smallest absolute Gasteiger partial charge is 0.229 e. The van der Waals surface area contributed by atoms with Crippen LogP contribution in [0.2, 0.25) is 10.0 Å². The van der Waals surface area contributed by atoms with Gasteiger partial charge in [-0.05, 0) is 30.3 Å². The van der Waals surface area contributed by atoms with E-state index in [0.717, 1.165) is 0 Å². The lowest BCUT2D eigenvalue weighted by Crippen LogP contribution is -2.28. The highest BCUT2D eigenvalue weighted by Gasteiger charge is 2.36. The van der Waals surface area contributed by atoms with Crippen molar-refractivity contribution in [2.75, 3.05) is 31.0 Å². The number of ether oxygens (including phenoxy) is 2. The van der Waals surface area contributed by atoms with Gasteiger partial charge in [0.05, 0.1) is 36.5 Å². The van der Waals surface area contributed by atoms with Gasteiger partial charge in [0.1, 0.15) is 11.5 Å². The molecule has 3 rings (SSSR count). The number of amides is 2. The lowest BCUT2D eigenvalue weighted by molar-refractivity contribution is -0.122. The SMILES string of the molecule is COc1ccc(OC)c(N2CC(C(=O)Nc3cc(Cl)ccc3Cl)CC2=O)c1. The number of hydrogen-bond donors (Lipinski definition) is 1. The Morgan fingerprint density at radius 2 is 1.93 bits per heavy atom. The zero-order chi connectivity index (χ0) is 19.6. The van der Waals surface area contributed by atoms with Gasteiger partial charge in [0, 0.05) is 24.1 Å². The minimum atomic E-state index is -0.525. The summed E-state index contributed by atoms with van der Waals surface area (Å²) < 4.78 is 10.6. The molecular formula is C19H18Cl2N2O4. The van der Waals surface area contributed by atoms with Crippen molar-refractivity contribution in [1.29, 1.82) is 0 Å². The van der Waals surface area contributed by atoms with Gasteiger partial charge in [-0.25, -0.2) is 0 Å². The van der Waals surface area contributed by atoms with Crippen molar-refractivity contribution in [3.05, 3.63) is 46.4 Å². The van der Waals surface area contributed by atoms with Crippen LogP contribution in [-0.2, 0) is 9.59 Å². The van der Waals surface area contributed by atoms with Crippen LogP contribution in [-0.4, -0.2) is 32.6 Å². The summed E-state index contributed by atoms with van der Waals surface area (Å²) in [4.78, 5) is 26.7. The maximum Gasteiger partial charge on any atom is 0.229 e. The molecule has 0 saturated carbocycles. The highest BCUT2D eigenvalue weighted by molar-refractivity contribution is 6.35. The Morgan fingerprint density at radius 3 is 2.63 bits per heavy atom. The average molecular weight is 409 g/mol. The molecule has 1 fully saturated rings. The van der Waals surface area contributed by atoms with Crippen LogP contribution < -0.4 is 19.7 Å². The Hall–Kier alpha value is -2.44. The Kier molecular flexibility index (Phi) is 5.77. The van der Waals surface area contributed by atoms with Crippen LogP contribution in [0.3, 0.4) is 0 Å². The van der Waals surface area contributed by atoms with Gasteiger partial charge in [-0.1, -0.05) is 23.2 Å². The topological polar surface area (TPSA) is 67.9 Å². The molecule has 1 aliphatic heterocycles. The van der Waals surface area contributed by atoms with Crippen LogP contribution in [0.15, 0.2) is 36.4 Å². The molecule has 0 spiro atoms. The van der Waals surface area contributed by atoms with Crippen LogP contribution in [0.1, 0.15) is 6.42 Å². The van der Waals surface area contributed by atoms with Crippen LogP contribution in [0.5, 0.6) is 11.5 Å². The third kappa shape index (κ3) is 4.12. The molecule has 0 radical (unpaired) electrons. The fraction of sp³-hybridized carbons (Fsp3) is 0.263. The second kappa shape index (κ2) is 8.06. The van der Waals surface area contributed by atoms with Gasteiger partial charge in [0.2, 0.25) is 11.8 Å². The normalized spacial score (nSPS) is 16.4. The monoisotopic (exact) mass is 408 g/mol. The molecule has 1 unspecified atom stereocenters. The van der Waals surface area contributed by atoms with Crippen LogP contribution in [0.4, 0.5) is 11.4 Å². The minimum absolute atomic E-state index is 0.0877. The summed E-state index contributed by atoms with van der Waals surface area (Å²) in [5.74, 6) is 0.138. The zero-order valence-corrected chi connectivity index (χ0v) is 16.3. The first-order valence-electron chi connectivity index (χ1n) is 8.21. The van der Waals surface area contributed by atoms with E-state index in [-0.39, 0.29) is 24.8 Å². The van der Waals surface area contributed by atoms with Crippen molar-refractivity contribution in [1.82, 2.24) is 0 Å². The fourth-order valence-corrected chi connectivity index (χ4v) is 3.29. The summed E-state index contributed by atoms with van der Waals surface area (Å²) in [6.45, 7) is 0.229. The van der Waals surface area contributed by atoms with Crippen molar-refractivity contribution < 1.29 is 19.1 Å². The number of halogens is 2. The maximum atomic E-state index is 12.6. The van der Waals surface area contributed by atoms with E-state index in [2.05, 4.69) is 5.32 Å². The van der Waals surface area contributed by atoms with Crippen molar-refractivity contribution in [2.24, 2.45) is 5.92 Å². The Balaban J connectivity index is 1.79. The number of carbonyl (C=O) groups excluding carboxylic acids is 2. The van der Waals surface area contributed by atoms with Crippen LogP contribution in [0.25, 0.3) is 0 Å². The Bertz CT molecular complexity index is 888. The van der Waals surface area contributed by atoms with E-state index in [4.69, 9.17) is 32.7 Å². The van der Waals surface area contributed by atoms with Crippen molar-refractivity contribution in [2.45, 2.75) is 6.42 Å². The van der Waals surface area contributed by atoms with E-state index < -0.39 is 5.92 Å². The molecule has 27 heavy (non-hydrogen) atoms. The molecule has 6 nitrogen and oxygen atoms in total. The highest BCUT2D eigenvalue weighted by atomic mass is 35.5. The first kappa shape index (κ1) is 19.3. The van der Waals surface area contributed by atoms with E-state index >= 15 is 0 Å². The van der Waals surface area contributed by atoms with Gasteiger partial charge in [-0.15, -0.1) is 0 Å². The first-order valence-corrected chi connectivity index (χ1v) is 8.97. The van der Waals surface area contributed by atoms with Gasteiger partial charge >= 0.3 is 0 Å². The number of rotatable bonds is 5. The molecule has 0 aromatic heterocycles. The van der Waals surface area contributed by atoms with E-state index in [1.807, 2.05) is 0 Å². The summed E-state index contributed by atoms with van der Waals surface area (Å²) in [6, 6.07) is 9.99. The predicted molar refractivity (Wildman–Crippen MR) is 105 cm³/mol. The first-order chi connectivity index (χ1) is 12.9. The Labute approximate surface area is 167 Å². The molecule has 1 N–H and O–H groups in total. The molecule has 1 atom stereocenters. The summed E-state index contributed by atoms with van der Waals surface area (Å²) in [7, 11) is 3.07. The van der Waals surface area contributed by atoms with Gasteiger partial charge in [-0.2, -0.15) is 0 Å². The molecule has 0 aliphatic carbocycles. The summed E-state index contributed by atoms with van der Waals surface area (Å²) in [5.41, 5.74) is 0.983. The zero-order valence-electron chi connectivity index (χ0n) is 14.8. The van der Waals surface area contributed by atoms with Gasteiger partial charge in [0.15, 0.2) is 0 Å². The molecule has 1 saturated heterocycles. The summed E-state index contributed by atoms with van der Waals surface area (Å²) in [6.07, 6.45) is 0.0877. The summed E-state index contributed by atoms with van der Waals surface area (Å²) in [5, 5.41) is 3.58. The van der Waals surface area contributed by atoms with Crippen molar-refractivity contribution in [3.8, 4) is 11.5 Å². The standard InChI is InChI=1S/C19H18Cl2N2O4/c1-26-13-4-6-17(27-2)16(9-13)23-10-11(7-18(23)24)19(25)22-15-8-12(20)3-5-14(15)21/h3-6,8-9,11H,7,10H2,1-2H3,(H,22,25). The predicted octanol–water partition coefficient (Wildman–Crippen LogP) is 4.00. The van der Waals surface area contributed by atoms with Crippen LogP contribution >= 0.6 is 23.2 Å². The van der Waals surface area contributed by atoms with E-state index in [1.165, 1.54) is 12.0 Å². The number of methoxy groups -OCH3 is 2. The molecule has 8 heteroatoms. The third-order valence-corrected chi connectivity index (χ3v) is 4.92. The maximum absolute atomic E-state index is 12.6. The second-order valence-corrected chi connectivity index (χ2v) is 6.90. The molecule has 1 heterocycles. The number of carbonyl (C=O) groups is 2. The molecule has 142 valence electrons. The largest absolute Gasteiger partial charge is 0.497 e. The summed E-state index contributed by atoms with van der Waals surface area (Å²) >= 11 is 12.0. The molecule has 2 aromatic carbocycles. The fourth-order valence-electron chi connectivity index (χ4n) is 2.95. The quantitative estimate of drug-likeness (QED) is 0.811. The molecule has 2 aromatic rings. The second-order valence-electron chi connectivity index (χ2n) is 6.06. The molecule has 1 aliphatic rings. The molecule has 2 amide bonds. The van der Waals surface area contributed by atoms with Crippen molar-refractivity contribution >= 4 is 46.4 Å². The number of nitrogens with zero attached hydrogens (tertiary/aromatic N) is 1. The number of hydrogen-bond acceptors (Lipinski definition) is 4. The van der Waals surface area contributed by atoms with Crippen LogP contribution in [0, 0.1) is 5.92 Å². The Morgan fingerprint density at radius 1 is 1.15 bits per heavy atom. The molecule has 0 bridgehead atoms. The number of nitrogens with one attached hydrogen (secondary N) is 1. The third-order valence-electron chi connectivity index (χ3n) is 4.36. The van der Waals surface area contributed by atoms with Crippen molar-refractivity contribution in [3.63, 3.8) is 0 Å². The van der Waals surface area contributed by atoms with E-state index in [9.17, 15) is 9.59 Å². The molecular weight excluding hydrogens is 391 g/mol. The lowest BCUT2D eigenvalue weighted by atomic mass is 10.1.